The first-order chi connectivity index (χ1) is 7.97. The van der Waals surface area contributed by atoms with Crippen LogP contribution in [0.5, 0.6) is 0 Å². The fraction of sp³-hybridized carbons (Fsp3) is 0.556. The summed E-state index contributed by atoms with van der Waals surface area (Å²) in [7, 11) is 0. The van der Waals surface area contributed by atoms with Gasteiger partial charge < -0.3 is 15.2 Å². The van der Waals surface area contributed by atoms with E-state index in [4.69, 9.17) is 0 Å². The van der Waals surface area contributed by atoms with Gasteiger partial charge in [0, 0.05) is 19.3 Å². The van der Waals surface area contributed by atoms with Gasteiger partial charge in [0.1, 0.15) is 5.82 Å². The summed E-state index contributed by atoms with van der Waals surface area (Å²) in [4.78, 5) is 14.7. The molecule has 1 amide bonds. The van der Waals surface area contributed by atoms with Gasteiger partial charge >= 0.3 is 12.1 Å². The van der Waals surface area contributed by atoms with E-state index in [-0.39, 0.29) is 6.54 Å². The summed E-state index contributed by atoms with van der Waals surface area (Å²) in [6, 6.07) is 0. The number of hydrogen-bond donors (Lipinski definition) is 2. The molecular weight excluding hydrogens is 237 g/mol. The number of alkyl halides is 3. The van der Waals surface area contributed by atoms with Crippen LogP contribution in [-0.2, 0) is 24.4 Å². The molecule has 0 bridgehead atoms. The van der Waals surface area contributed by atoms with Crippen molar-refractivity contribution < 1.29 is 18.0 Å². The first-order valence-corrected chi connectivity index (χ1v) is 5.07. The molecule has 0 aliphatic carbocycles. The van der Waals surface area contributed by atoms with E-state index >= 15 is 0 Å². The van der Waals surface area contributed by atoms with Gasteiger partial charge in [0.05, 0.1) is 18.8 Å². The zero-order valence-corrected chi connectivity index (χ0v) is 8.84. The van der Waals surface area contributed by atoms with Crippen LogP contribution in [0.1, 0.15) is 11.5 Å². The number of halogens is 3. The second-order valence-corrected chi connectivity index (χ2v) is 3.70. The Balaban J connectivity index is 1.96. The summed E-state index contributed by atoms with van der Waals surface area (Å²) in [6.07, 6.45) is -3.19. The fourth-order valence-electron chi connectivity index (χ4n) is 1.60. The van der Waals surface area contributed by atoms with Crippen molar-refractivity contribution in [3.05, 3.63) is 17.7 Å². The maximum Gasteiger partial charge on any atom is 0.471 e. The molecule has 0 fully saturated rings. The first kappa shape index (κ1) is 11.9. The molecule has 0 spiro atoms. The normalized spacial score (nSPS) is 15.5. The van der Waals surface area contributed by atoms with Crippen LogP contribution in [0.15, 0.2) is 6.20 Å². The van der Waals surface area contributed by atoms with Gasteiger partial charge in [0.25, 0.3) is 0 Å². The number of nitrogens with zero attached hydrogens (tertiary/aromatic N) is 2. The molecule has 1 aromatic rings. The molecule has 2 N–H and O–H groups in total. The van der Waals surface area contributed by atoms with Gasteiger partial charge in [-0.15, -0.1) is 0 Å². The smallest absolute Gasteiger partial charge is 0.343 e. The first-order valence-electron chi connectivity index (χ1n) is 5.07. The molecule has 0 radical (unpaired) electrons. The number of imidazole rings is 1. The summed E-state index contributed by atoms with van der Waals surface area (Å²) in [5, 5.41) is 4.88. The summed E-state index contributed by atoms with van der Waals surface area (Å²) in [6.45, 7) is 1.92. The van der Waals surface area contributed by atoms with Gasteiger partial charge in [-0.05, 0) is 0 Å². The topological polar surface area (TPSA) is 59.0 Å². The Morgan fingerprint density at radius 1 is 1.59 bits per heavy atom. The number of carbonyl (C=O) groups excluding carboxylic acids is 1. The Morgan fingerprint density at radius 2 is 2.35 bits per heavy atom. The number of aromatic nitrogens is 2. The number of fused-ring (bicyclic) bond motifs is 1. The summed E-state index contributed by atoms with van der Waals surface area (Å²) < 4.78 is 37.7. The standard InChI is InChI=1S/C9H11F3N4O/c10-9(11,12)8(17)14-3-6-5-16-2-1-13-4-7(16)15-6/h5,13H,1-4H2,(H,14,17). The van der Waals surface area contributed by atoms with Gasteiger partial charge in [-0.1, -0.05) is 0 Å². The second-order valence-electron chi connectivity index (χ2n) is 3.70. The molecule has 8 heteroatoms. The number of rotatable bonds is 2. The Bertz CT molecular complexity index is 403. The molecular formula is C9H11F3N4O. The maximum absolute atomic E-state index is 11.9. The zero-order chi connectivity index (χ0) is 12.5. The summed E-state index contributed by atoms with van der Waals surface area (Å²) in [5.41, 5.74) is 0.432. The lowest BCUT2D eigenvalue weighted by Gasteiger charge is -2.13. The van der Waals surface area contributed by atoms with Gasteiger partial charge in [0.2, 0.25) is 0 Å². The third-order valence-electron chi connectivity index (χ3n) is 2.41. The Morgan fingerprint density at radius 3 is 3.00 bits per heavy atom. The molecule has 1 aliphatic heterocycles. The summed E-state index contributed by atoms with van der Waals surface area (Å²) >= 11 is 0. The maximum atomic E-state index is 11.9. The largest absolute Gasteiger partial charge is 0.471 e. The van der Waals surface area contributed by atoms with E-state index in [1.165, 1.54) is 0 Å². The fourth-order valence-corrected chi connectivity index (χ4v) is 1.60. The van der Waals surface area contributed by atoms with Crippen molar-refractivity contribution in [3.8, 4) is 0 Å². The van der Waals surface area contributed by atoms with Crippen LogP contribution in [0.3, 0.4) is 0 Å². The highest BCUT2D eigenvalue weighted by molar-refractivity contribution is 5.81. The van der Waals surface area contributed by atoms with Crippen LogP contribution in [0, 0.1) is 0 Å². The minimum Gasteiger partial charge on any atom is -0.343 e. The molecule has 0 saturated carbocycles. The Kier molecular flexibility index (Phi) is 3.05. The van der Waals surface area contributed by atoms with E-state index in [1.807, 2.05) is 4.57 Å². The van der Waals surface area contributed by atoms with Crippen LogP contribution in [-0.4, -0.2) is 28.2 Å². The highest BCUT2D eigenvalue weighted by atomic mass is 19.4. The second kappa shape index (κ2) is 4.36. The average Bonchev–Trinajstić information content (AvgIpc) is 2.66. The lowest BCUT2D eigenvalue weighted by Crippen LogP contribution is -2.36. The molecule has 2 rings (SSSR count). The number of hydrogen-bond acceptors (Lipinski definition) is 3. The van der Waals surface area contributed by atoms with Crippen molar-refractivity contribution in [3.63, 3.8) is 0 Å². The lowest BCUT2D eigenvalue weighted by atomic mass is 10.4. The highest BCUT2D eigenvalue weighted by Gasteiger charge is 2.38. The SMILES string of the molecule is O=C(NCc1cn2c(n1)CNCC2)C(F)(F)F. The van der Waals surface area contributed by atoms with Crippen LogP contribution >= 0.6 is 0 Å². The molecule has 0 aromatic carbocycles. The molecule has 1 aromatic heterocycles. The van der Waals surface area contributed by atoms with Gasteiger partial charge in [-0.25, -0.2) is 4.98 Å². The quantitative estimate of drug-likeness (QED) is 0.784. The van der Waals surface area contributed by atoms with E-state index in [0.29, 0.717) is 12.2 Å². The molecule has 17 heavy (non-hydrogen) atoms. The zero-order valence-electron chi connectivity index (χ0n) is 8.84. The highest BCUT2D eigenvalue weighted by Crippen LogP contribution is 2.14. The van der Waals surface area contributed by atoms with E-state index in [2.05, 4.69) is 10.3 Å². The van der Waals surface area contributed by atoms with Gasteiger partial charge in [-0.2, -0.15) is 13.2 Å². The molecule has 5 nitrogen and oxygen atoms in total. The predicted octanol–water partition coefficient (Wildman–Crippen LogP) is 0.165. The molecule has 2 heterocycles. The minimum absolute atomic E-state index is 0.210. The van der Waals surface area contributed by atoms with Crippen molar-refractivity contribution in [1.29, 1.82) is 0 Å². The van der Waals surface area contributed by atoms with Gasteiger partial charge in [-0.3, -0.25) is 4.79 Å². The molecule has 0 saturated heterocycles. The molecule has 94 valence electrons. The number of nitrogens with one attached hydrogen (secondary N) is 2. The molecule has 0 unspecified atom stereocenters. The average molecular weight is 248 g/mol. The van der Waals surface area contributed by atoms with Crippen molar-refractivity contribution in [2.75, 3.05) is 6.54 Å². The molecule has 1 aliphatic rings. The van der Waals surface area contributed by atoms with Crippen molar-refractivity contribution in [1.82, 2.24) is 20.2 Å². The Hall–Kier alpha value is -1.57. The molecule has 0 atom stereocenters. The van der Waals surface area contributed by atoms with Crippen molar-refractivity contribution in [2.45, 2.75) is 25.8 Å². The van der Waals surface area contributed by atoms with Crippen LogP contribution in [0.2, 0.25) is 0 Å². The van der Waals surface area contributed by atoms with E-state index < -0.39 is 12.1 Å². The van der Waals surface area contributed by atoms with Crippen molar-refractivity contribution in [2.24, 2.45) is 0 Å². The minimum atomic E-state index is -4.85. The van der Waals surface area contributed by atoms with E-state index in [0.717, 1.165) is 18.9 Å². The monoisotopic (exact) mass is 248 g/mol. The third-order valence-corrected chi connectivity index (χ3v) is 2.41. The van der Waals surface area contributed by atoms with Crippen LogP contribution in [0.4, 0.5) is 13.2 Å². The van der Waals surface area contributed by atoms with Crippen LogP contribution in [0.25, 0.3) is 0 Å². The van der Waals surface area contributed by atoms with E-state index in [9.17, 15) is 18.0 Å². The summed E-state index contributed by atoms with van der Waals surface area (Å²) in [5.74, 6) is -1.17. The third kappa shape index (κ3) is 2.76. The van der Waals surface area contributed by atoms with Gasteiger partial charge in [0.15, 0.2) is 0 Å². The van der Waals surface area contributed by atoms with Crippen molar-refractivity contribution >= 4 is 5.91 Å². The van der Waals surface area contributed by atoms with E-state index in [1.54, 1.807) is 11.5 Å². The lowest BCUT2D eigenvalue weighted by molar-refractivity contribution is -0.173. The number of carbonyl (C=O) groups is 1. The van der Waals surface area contributed by atoms with Crippen LogP contribution < -0.4 is 10.6 Å². The Labute approximate surface area is 95.0 Å². The predicted molar refractivity (Wildman–Crippen MR) is 51.8 cm³/mol. The number of amides is 1.